The summed E-state index contributed by atoms with van der Waals surface area (Å²) in [6.45, 7) is 2.03. The molecule has 0 unspecified atom stereocenters. The van der Waals surface area contributed by atoms with Crippen LogP contribution >= 0.6 is 15.9 Å². The summed E-state index contributed by atoms with van der Waals surface area (Å²) in [7, 11) is 1.36. The Morgan fingerprint density at radius 3 is 2.75 bits per heavy atom. The lowest BCUT2D eigenvalue weighted by Crippen LogP contribution is -2.04. The number of methoxy groups -OCH3 is 1. The zero-order valence-electron chi connectivity index (χ0n) is 9.20. The average molecular weight is 285 g/mol. The molecule has 0 bridgehead atoms. The number of rotatable bonds is 4. The number of para-hydroxylation sites is 1. The summed E-state index contributed by atoms with van der Waals surface area (Å²) in [5.74, 6) is 0.409. The van der Waals surface area contributed by atoms with Crippen molar-refractivity contribution in [3.8, 4) is 5.75 Å². The molecule has 86 valence electrons. The molecule has 0 aliphatic rings. The Morgan fingerprint density at radius 2 is 2.12 bits per heavy atom. The first-order chi connectivity index (χ1) is 7.65. The molecular weight excluding hydrogens is 272 g/mol. The third-order valence-corrected chi connectivity index (χ3v) is 2.63. The van der Waals surface area contributed by atoms with Crippen molar-refractivity contribution < 1.29 is 14.3 Å². The van der Waals surface area contributed by atoms with E-state index in [1.165, 1.54) is 7.11 Å². The van der Waals surface area contributed by atoms with E-state index in [2.05, 4.69) is 20.7 Å². The maximum absolute atomic E-state index is 11.1. The van der Waals surface area contributed by atoms with Crippen molar-refractivity contribution in [3.05, 3.63) is 40.4 Å². The maximum Gasteiger partial charge on any atom is 0.333 e. The van der Waals surface area contributed by atoms with Gasteiger partial charge in [0.05, 0.1) is 11.6 Å². The van der Waals surface area contributed by atoms with Gasteiger partial charge in [0.25, 0.3) is 0 Å². The van der Waals surface area contributed by atoms with Gasteiger partial charge in [0.2, 0.25) is 0 Å². The predicted molar refractivity (Wildman–Crippen MR) is 65.4 cm³/mol. The lowest BCUT2D eigenvalue weighted by atomic mass is 10.3. The normalized spacial score (nSPS) is 11.1. The fraction of sp³-hybridized carbons (Fsp3) is 0.250. The molecule has 0 fully saturated rings. The third kappa shape index (κ3) is 3.70. The largest absolute Gasteiger partial charge is 0.488 e. The van der Waals surface area contributed by atoms with Crippen molar-refractivity contribution in [2.75, 3.05) is 13.7 Å². The first-order valence-corrected chi connectivity index (χ1v) is 5.57. The van der Waals surface area contributed by atoms with Gasteiger partial charge in [0.15, 0.2) is 0 Å². The summed E-state index contributed by atoms with van der Waals surface area (Å²) >= 11 is 3.37. The monoisotopic (exact) mass is 284 g/mol. The van der Waals surface area contributed by atoms with Gasteiger partial charge in [-0.25, -0.2) is 4.79 Å². The molecule has 4 heteroatoms. The van der Waals surface area contributed by atoms with Crippen LogP contribution in [0.3, 0.4) is 0 Å². The Bertz CT molecular complexity index is 399. The van der Waals surface area contributed by atoms with E-state index in [4.69, 9.17) is 4.74 Å². The molecule has 0 amide bonds. The van der Waals surface area contributed by atoms with Gasteiger partial charge in [-0.2, -0.15) is 0 Å². The first kappa shape index (κ1) is 12.8. The Kier molecular flexibility index (Phi) is 5.05. The topological polar surface area (TPSA) is 35.5 Å². The van der Waals surface area contributed by atoms with Crippen LogP contribution in [0, 0.1) is 0 Å². The van der Waals surface area contributed by atoms with Crippen LogP contribution in [-0.2, 0) is 9.53 Å². The van der Waals surface area contributed by atoms with Gasteiger partial charge in [-0.1, -0.05) is 12.1 Å². The van der Waals surface area contributed by atoms with Crippen LogP contribution in [0.5, 0.6) is 5.75 Å². The Morgan fingerprint density at radius 1 is 1.44 bits per heavy atom. The van der Waals surface area contributed by atoms with E-state index in [9.17, 15) is 4.79 Å². The van der Waals surface area contributed by atoms with Crippen molar-refractivity contribution >= 4 is 21.9 Å². The Hall–Kier alpha value is -1.29. The second kappa shape index (κ2) is 6.33. The van der Waals surface area contributed by atoms with Crippen molar-refractivity contribution in [1.29, 1.82) is 0 Å². The summed E-state index contributed by atoms with van der Waals surface area (Å²) < 4.78 is 10.9. The van der Waals surface area contributed by atoms with E-state index in [-0.39, 0.29) is 5.97 Å². The number of esters is 1. The molecule has 1 aromatic carbocycles. The fourth-order valence-electron chi connectivity index (χ4n) is 1.06. The second-order valence-electron chi connectivity index (χ2n) is 3.12. The molecule has 0 N–H and O–H groups in total. The van der Waals surface area contributed by atoms with Crippen LogP contribution in [0.15, 0.2) is 40.4 Å². The van der Waals surface area contributed by atoms with Crippen molar-refractivity contribution in [1.82, 2.24) is 0 Å². The predicted octanol–water partition coefficient (Wildman–Crippen LogP) is 2.95. The number of halogens is 1. The van der Waals surface area contributed by atoms with Gasteiger partial charge in [0.1, 0.15) is 12.4 Å². The minimum atomic E-state index is -0.337. The zero-order chi connectivity index (χ0) is 12.0. The van der Waals surface area contributed by atoms with Crippen molar-refractivity contribution in [2.45, 2.75) is 6.92 Å². The molecule has 0 spiro atoms. The minimum absolute atomic E-state index is 0.337. The number of hydrogen-bond donors (Lipinski definition) is 0. The molecule has 0 aliphatic carbocycles. The molecule has 0 heterocycles. The van der Waals surface area contributed by atoms with Crippen molar-refractivity contribution in [3.63, 3.8) is 0 Å². The van der Waals surface area contributed by atoms with Gasteiger partial charge < -0.3 is 9.47 Å². The van der Waals surface area contributed by atoms with Crippen LogP contribution < -0.4 is 4.74 Å². The molecule has 0 aromatic heterocycles. The SMILES string of the molecule is COC(=O)C(C)=CCOc1ccccc1Br. The van der Waals surface area contributed by atoms with Crippen LogP contribution in [-0.4, -0.2) is 19.7 Å². The van der Waals surface area contributed by atoms with E-state index in [1.807, 2.05) is 24.3 Å². The van der Waals surface area contributed by atoms with Crippen LogP contribution in [0.4, 0.5) is 0 Å². The molecule has 0 aliphatic heterocycles. The lowest BCUT2D eigenvalue weighted by molar-refractivity contribution is -0.136. The molecule has 0 saturated carbocycles. The van der Waals surface area contributed by atoms with E-state index in [1.54, 1.807) is 13.0 Å². The quantitative estimate of drug-likeness (QED) is 0.630. The first-order valence-electron chi connectivity index (χ1n) is 4.77. The molecule has 1 rings (SSSR count). The van der Waals surface area contributed by atoms with Crippen LogP contribution in [0.1, 0.15) is 6.92 Å². The van der Waals surface area contributed by atoms with Gasteiger partial charge in [-0.05, 0) is 41.1 Å². The molecule has 0 saturated heterocycles. The summed E-state index contributed by atoms with van der Waals surface area (Å²) in [6.07, 6.45) is 1.69. The van der Waals surface area contributed by atoms with E-state index < -0.39 is 0 Å². The van der Waals surface area contributed by atoms with Gasteiger partial charge in [0, 0.05) is 5.57 Å². The molecular formula is C12H13BrO3. The van der Waals surface area contributed by atoms with Crippen molar-refractivity contribution in [2.24, 2.45) is 0 Å². The Balaban J connectivity index is 2.53. The van der Waals surface area contributed by atoms with Crippen LogP contribution in [0.25, 0.3) is 0 Å². The molecule has 3 nitrogen and oxygen atoms in total. The van der Waals surface area contributed by atoms with E-state index in [0.717, 1.165) is 10.2 Å². The molecule has 1 aromatic rings. The number of hydrogen-bond acceptors (Lipinski definition) is 3. The summed E-state index contributed by atoms with van der Waals surface area (Å²) in [5, 5.41) is 0. The maximum atomic E-state index is 11.1. The highest BCUT2D eigenvalue weighted by molar-refractivity contribution is 9.10. The van der Waals surface area contributed by atoms with Crippen LogP contribution in [0.2, 0.25) is 0 Å². The van der Waals surface area contributed by atoms with Gasteiger partial charge >= 0.3 is 5.97 Å². The van der Waals surface area contributed by atoms with E-state index >= 15 is 0 Å². The second-order valence-corrected chi connectivity index (χ2v) is 3.97. The highest BCUT2D eigenvalue weighted by Crippen LogP contribution is 2.23. The highest BCUT2D eigenvalue weighted by Gasteiger charge is 2.02. The van der Waals surface area contributed by atoms with E-state index in [0.29, 0.717) is 12.2 Å². The molecule has 0 radical (unpaired) electrons. The smallest absolute Gasteiger partial charge is 0.333 e. The third-order valence-electron chi connectivity index (χ3n) is 1.97. The molecule has 16 heavy (non-hydrogen) atoms. The number of carbonyl (C=O) groups excluding carboxylic acids is 1. The number of carbonyl (C=O) groups is 1. The zero-order valence-corrected chi connectivity index (χ0v) is 10.8. The van der Waals surface area contributed by atoms with Gasteiger partial charge in [-0.15, -0.1) is 0 Å². The standard InChI is InChI=1S/C12H13BrO3/c1-9(12(14)15-2)7-8-16-11-6-4-3-5-10(11)13/h3-7H,8H2,1-2H3. The summed E-state index contributed by atoms with van der Waals surface area (Å²) in [5.41, 5.74) is 0.537. The lowest BCUT2D eigenvalue weighted by Gasteiger charge is -2.05. The summed E-state index contributed by atoms with van der Waals surface area (Å²) in [6, 6.07) is 7.54. The highest BCUT2D eigenvalue weighted by atomic mass is 79.9. The minimum Gasteiger partial charge on any atom is -0.488 e. The number of ether oxygens (including phenoxy) is 2. The Labute approximate surface area is 103 Å². The fourth-order valence-corrected chi connectivity index (χ4v) is 1.46. The average Bonchev–Trinajstić information content (AvgIpc) is 2.30. The molecule has 0 atom stereocenters. The number of benzene rings is 1. The summed E-state index contributed by atoms with van der Waals surface area (Å²) in [4.78, 5) is 11.1. The van der Waals surface area contributed by atoms with Gasteiger partial charge in [-0.3, -0.25) is 0 Å².